The lowest BCUT2D eigenvalue weighted by atomic mass is 10.1. The second-order valence-corrected chi connectivity index (χ2v) is 6.52. The Balaban J connectivity index is 1.65. The molecule has 2 heterocycles. The largest absolute Gasteiger partial charge is 0.496 e. The summed E-state index contributed by atoms with van der Waals surface area (Å²) in [5.74, 6) is 1.75. The van der Waals surface area contributed by atoms with Crippen LogP contribution in [0.5, 0.6) is 11.5 Å². The van der Waals surface area contributed by atoms with Crippen LogP contribution in [0.1, 0.15) is 35.1 Å². The average molecular weight is 379 g/mol. The lowest BCUT2D eigenvalue weighted by molar-refractivity contribution is 0.0703. The lowest BCUT2D eigenvalue weighted by Crippen LogP contribution is -2.31. The number of nitrogens with zero attached hydrogens (tertiary/aromatic N) is 3. The first-order chi connectivity index (χ1) is 13.7. The van der Waals surface area contributed by atoms with Crippen molar-refractivity contribution in [2.24, 2.45) is 0 Å². The zero-order valence-electron chi connectivity index (χ0n) is 15.8. The molecule has 1 fully saturated rings. The Morgan fingerprint density at radius 1 is 1.07 bits per heavy atom. The summed E-state index contributed by atoms with van der Waals surface area (Å²) in [6.45, 7) is 0.605. The van der Waals surface area contributed by atoms with Crippen LogP contribution in [-0.4, -0.2) is 41.7 Å². The molecule has 0 radical (unpaired) electrons. The topological polar surface area (TPSA) is 77.7 Å². The summed E-state index contributed by atoms with van der Waals surface area (Å²) < 4.78 is 16.3. The third kappa shape index (κ3) is 3.19. The van der Waals surface area contributed by atoms with Crippen molar-refractivity contribution in [3.05, 3.63) is 60.0 Å². The molecule has 0 saturated carbocycles. The van der Waals surface area contributed by atoms with E-state index in [9.17, 15) is 4.79 Å². The van der Waals surface area contributed by atoms with Crippen LogP contribution in [-0.2, 0) is 0 Å². The van der Waals surface area contributed by atoms with Gasteiger partial charge in [0.1, 0.15) is 23.1 Å². The Hall–Kier alpha value is -3.35. The SMILES string of the molecule is COc1cccc(OC)c1C(=O)N1CCC[C@H]1c1nc(-c2ccccc2)no1. The number of likely N-dealkylation sites (tertiary alicyclic amines) is 1. The van der Waals surface area contributed by atoms with Gasteiger partial charge >= 0.3 is 0 Å². The minimum atomic E-state index is -0.271. The molecule has 4 rings (SSSR count). The molecule has 28 heavy (non-hydrogen) atoms. The van der Waals surface area contributed by atoms with Crippen LogP contribution in [0.4, 0.5) is 0 Å². The molecular weight excluding hydrogens is 358 g/mol. The number of hydrogen-bond donors (Lipinski definition) is 0. The van der Waals surface area contributed by atoms with Gasteiger partial charge in [-0.05, 0) is 25.0 Å². The van der Waals surface area contributed by atoms with Crippen LogP contribution in [0.25, 0.3) is 11.4 Å². The minimum Gasteiger partial charge on any atom is -0.496 e. The van der Waals surface area contributed by atoms with Gasteiger partial charge < -0.3 is 18.9 Å². The van der Waals surface area contributed by atoms with E-state index in [0.717, 1.165) is 18.4 Å². The smallest absolute Gasteiger partial charge is 0.262 e. The van der Waals surface area contributed by atoms with Gasteiger partial charge in [0.15, 0.2) is 0 Å². The Bertz CT molecular complexity index is 949. The minimum absolute atomic E-state index is 0.170. The van der Waals surface area contributed by atoms with Gasteiger partial charge in [0.25, 0.3) is 5.91 Å². The predicted molar refractivity (Wildman–Crippen MR) is 102 cm³/mol. The fourth-order valence-corrected chi connectivity index (χ4v) is 3.55. The molecule has 0 spiro atoms. The van der Waals surface area contributed by atoms with Gasteiger partial charge in [-0.3, -0.25) is 4.79 Å². The highest BCUT2D eigenvalue weighted by atomic mass is 16.5. The second kappa shape index (κ2) is 7.72. The molecule has 1 amide bonds. The third-order valence-corrected chi connectivity index (χ3v) is 4.91. The number of methoxy groups -OCH3 is 2. The van der Waals surface area contributed by atoms with E-state index in [2.05, 4.69) is 10.1 Å². The highest BCUT2D eigenvalue weighted by molar-refractivity contribution is 6.00. The zero-order valence-corrected chi connectivity index (χ0v) is 15.8. The molecule has 0 aliphatic carbocycles. The average Bonchev–Trinajstić information content (AvgIpc) is 3.42. The normalized spacial score (nSPS) is 16.2. The summed E-state index contributed by atoms with van der Waals surface area (Å²) in [7, 11) is 3.08. The quantitative estimate of drug-likeness (QED) is 0.672. The van der Waals surface area contributed by atoms with Crippen molar-refractivity contribution in [3.8, 4) is 22.9 Å². The van der Waals surface area contributed by atoms with Crippen molar-refractivity contribution in [3.63, 3.8) is 0 Å². The molecule has 0 N–H and O–H groups in total. The third-order valence-electron chi connectivity index (χ3n) is 4.91. The van der Waals surface area contributed by atoms with Crippen molar-refractivity contribution < 1.29 is 18.8 Å². The number of rotatable bonds is 5. The van der Waals surface area contributed by atoms with E-state index >= 15 is 0 Å². The van der Waals surface area contributed by atoms with Crippen molar-refractivity contribution in [1.82, 2.24) is 15.0 Å². The Labute approximate surface area is 162 Å². The van der Waals surface area contributed by atoms with Gasteiger partial charge in [-0.2, -0.15) is 4.98 Å². The van der Waals surface area contributed by atoms with Crippen LogP contribution in [0.2, 0.25) is 0 Å². The summed E-state index contributed by atoms with van der Waals surface area (Å²) >= 11 is 0. The summed E-state index contributed by atoms with van der Waals surface area (Å²) in [6, 6.07) is 14.6. The van der Waals surface area contributed by atoms with E-state index in [1.165, 1.54) is 14.2 Å². The maximum absolute atomic E-state index is 13.3. The number of carbonyl (C=O) groups is 1. The first kappa shape index (κ1) is 18.0. The molecule has 0 unspecified atom stereocenters. The summed E-state index contributed by atoms with van der Waals surface area (Å²) in [4.78, 5) is 19.6. The molecule has 1 aliphatic heterocycles. The van der Waals surface area contributed by atoms with Crippen LogP contribution < -0.4 is 9.47 Å². The maximum atomic E-state index is 13.3. The number of benzene rings is 2. The molecule has 1 atom stereocenters. The van der Waals surface area contributed by atoms with Gasteiger partial charge in [0.05, 0.1) is 14.2 Å². The number of amides is 1. The first-order valence-electron chi connectivity index (χ1n) is 9.14. The number of aromatic nitrogens is 2. The lowest BCUT2D eigenvalue weighted by Gasteiger charge is -2.23. The fourth-order valence-electron chi connectivity index (χ4n) is 3.55. The zero-order chi connectivity index (χ0) is 19.5. The van der Waals surface area contributed by atoms with Crippen molar-refractivity contribution in [1.29, 1.82) is 0 Å². The summed E-state index contributed by atoms with van der Waals surface area (Å²) in [6.07, 6.45) is 1.62. The van der Waals surface area contributed by atoms with E-state index in [4.69, 9.17) is 14.0 Å². The number of ether oxygens (including phenoxy) is 2. The van der Waals surface area contributed by atoms with E-state index in [1.54, 1.807) is 23.1 Å². The van der Waals surface area contributed by atoms with Crippen molar-refractivity contribution in [2.75, 3.05) is 20.8 Å². The van der Waals surface area contributed by atoms with Gasteiger partial charge in [-0.15, -0.1) is 0 Å². The highest BCUT2D eigenvalue weighted by Crippen LogP contribution is 2.37. The Morgan fingerprint density at radius 2 is 1.79 bits per heavy atom. The van der Waals surface area contributed by atoms with E-state index in [0.29, 0.717) is 35.3 Å². The highest BCUT2D eigenvalue weighted by Gasteiger charge is 2.36. The first-order valence-corrected chi connectivity index (χ1v) is 9.14. The van der Waals surface area contributed by atoms with Crippen LogP contribution in [0.15, 0.2) is 53.1 Å². The molecule has 0 bridgehead atoms. The van der Waals surface area contributed by atoms with E-state index < -0.39 is 0 Å². The number of carbonyl (C=O) groups excluding carboxylic acids is 1. The van der Waals surface area contributed by atoms with E-state index in [1.807, 2.05) is 30.3 Å². The molecule has 144 valence electrons. The summed E-state index contributed by atoms with van der Waals surface area (Å²) in [5, 5.41) is 4.09. The van der Waals surface area contributed by atoms with Crippen LogP contribution in [0, 0.1) is 0 Å². The van der Waals surface area contributed by atoms with Crippen molar-refractivity contribution in [2.45, 2.75) is 18.9 Å². The van der Waals surface area contributed by atoms with Gasteiger partial charge in [-0.1, -0.05) is 41.6 Å². The van der Waals surface area contributed by atoms with Gasteiger partial charge in [-0.25, -0.2) is 0 Å². The summed E-state index contributed by atoms with van der Waals surface area (Å²) in [5.41, 5.74) is 1.28. The van der Waals surface area contributed by atoms with Crippen LogP contribution in [0.3, 0.4) is 0 Å². The van der Waals surface area contributed by atoms with Crippen molar-refractivity contribution >= 4 is 5.91 Å². The monoisotopic (exact) mass is 379 g/mol. The molecule has 1 aliphatic rings. The molecule has 7 nitrogen and oxygen atoms in total. The molecular formula is C21H21N3O4. The molecule has 7 heteroatoms. The predicted octanol–water partition coefficient (Wildman–Crippen LogP) is 3.73. The van der Waals surface area contributed by atoms with Gasteiger partial charge in [0, 0.05) is 12.1 Å². The molecule has 1 aromatic heterocycles. The fraction of sp³-hybridized carbons (Fsp3) is 0.286. The Kier molecular flexibility index (Phi) is 4.97. The maximum Gasteiger partial charge on any atom is 0.262 e. The molecule has 3 aromatic rings. The van der Waals surface area contributed by atoms with Crippen LogP contribution >= 0.6 is 0 Å². The van der Waals surface area contributed by atoms with Gasteiger partial charge in [0.2, 0.25) is 11.7 Å². The second-order valence-electron chi connectivity index (χ2n) is 6.52. The standard InChI is InChI=1S/C21H21N3O4/c1-26-16-11-6-12-17(27-2)18(16)21(25)24-13-7-10-15(24)20-22-19(23-28-20)14-8-4-3-5-9-14/h3-6,8-9,11-12,15H,7,10,13H2,1-2H3/t15-/m0/s1. The molecule has 1 saturated heterocycles. The Morgan fingerprint density at radius 3 is 2.46 bits per heavy atom. The molecule has 2 aromatic carbocycles. The number of hydrogen-bond acceptors (Lipinski definition) is 6. The van der Waals surface area contributed by atoms with E-state index in [-0.39, 0.29) is 11.9 Å².